The molecule has 8 nitrogen and oxygen atoms in total. The van der Waals surface area contributed by atoms with E-state index in [1.807, 2.05) is 17.7 Å². The van der Waals surface area contributed by atoms with Crippen molar-refractivity contribution in [3.8, 4) is 0 Å². The molecule has 3 rings (SSSR count). The fraction of sp³-hybridized carbons (Fsp3) is 0.625. The van der Waals surface area contributed by atoms with Crippen molar-refractivity contribution in [1.82, 2.24) is 24.1 Å². The van der Waals surface area contributed by atoms with E-state index < -0.39 is 10.0 Å². The van der Waals surface area contributed by atoms with Crippen molar-refractivity contribution in [3.63, 3.8) is 0 Å². The third kappa shape index (κ3) is 4.28. The molecule has 0 spiro atoms. The van der Waals surface area contributed by atoms with Gasteiger partial charge in [0, 0.05) is 57.9 Å². The average Bonchev–Trinajstić information content (AvgIpc) is 3.19. The van der Waals surface area contributed by atoms with Crippen molar-refractivity contribution in [3.05, 3.63) is 30.1 Å². The molecule has 1 saturated heterocycles. The second kappa shape index (κ2) is 7.67. The van der Waals surface area contributed by atoms with Crippen molar-refractivity contribution in [1.29, 1.82) is 0 Å². The van der Waals surface area contributed by atoms with Crippen LogP contribution in [0.1, 0.15) is 36.7 Å². The third-order valence-electron chi connectivity index (χ3n) is 4.51. The predicted octanol–water partition coefficient (Wildman–Crippen LogP) is 1.19. The SMILES string of the molecule is Cc1nccn1CCCNS(=O)(=O)c1cn(C)nc1C1CCOCC1. The number of nitrogens with one attached hydrogen (secondary N) is 1. The molecule has 0 saturated carbocycles. The Bertz CT molecular complexity index is 806. The van der Waals surface area contributed by atoms with Gasteiger partial charge in [-0.3, -0.25) is 4.68 Å². The quantitative estimate of drug-likeness (QED) is 0.742. The normalized spacial score (nSPS) is 16.4. The summed E-state index contributed by atoms with van der Waals surface area (Å²) in [6.45, 7) is 4.34. The van der Waals surface area contributed by atoms with Crippen LogP contribution in [0.25, 0.3) is 0 Å². The number of imidazole rings is 1. The van der Waals surface area contributed by atoms with Crippen LogP contribution in [0.5, 0.6) is 0 Å². The first kappa shape index (κ1) is 18.1. The van der Waals surface area contributed by atoms with Gasteiger partial charge in [0.25, 0.3) is 0 Å². The van der Waals surface area contributed by atoms with Crippen LogP contribution in [0.3, 0.4) is 0 Å². The van der Waals surface area contributed by atoms with E-state index in [9.17, 15) is 8.42 Å². The first-order valence-electron chi connectivity index (χ1n) is 8.56. The van der Waals surface area contributed by atoms with E-state index >= 15 is 0 Å². The molecule has 25 heavy (non-hydrogen) atoms. The Labute approximate surface area is 148 Å². The summed E-state index contributed by atoms with van der Waals surface area (Å²) in [5.74, 6) is 1.06. The fourth-order valence-electron chi connectivity index (χ4n) is 3.12. The summed E-state index contributed by atoms with van der Waals surface area (Å²) in [6.07, 6.45) is 7.54. The van der Waals surface area contributed by atoms with Crippen molar-refractivity contribution >= 4 is 10.0 Å². The van der Waals surface area contributed by atoms with Gasteiger partial charge in [0.2, 0.25) is 10.0 Å². The van der Waals surface area contributed by atoms with Gasteiger partial charge in [0.1, 0.15) is 10.7 Å². The summed E-state index contributed by atoms with van der Waals surface area (Å²) >= 11 is 0. The molecular weight excluding hydrogens is 342 g/mol. The van der Waals surface area contributed by atoms with Gasteiger partial charge in [0.05, 0.1) is 5.69 Å². The largest absolute Gasteiger partial charge is 0.381 e. The second-order valence-corrected chi connectivity index (χ2v) is 8.09. The minimum atomic E-state index is -3.57. The molecule has 2 aromatic rings. The zero-order valence-electron chi connectivity index (χ0n) is 14.7. The number of hydrogen-bond acceptors (Lipinski definition) is 5. The van der Waals surface area contributed by atoms with Gasteiger partial charge < -0.3 is 9.30 Å². The minimum Gasteiger partial charge on any atom is -0.381 e. The number of rotatable bonds is 7. The lowest BCUT2D eigenvalue weighted by atomic mass is 9.97. The molecule has 1 aliphatic rings. The van der Waals surface area contributed by atoms with E-state index in [4.69, 9.17) is 4.74 Å². The van der Waals surface area contributed by atoms with E-state index in [1.54, 1.807) is 24.1 Å². The van der Waals surface area contributed by atoms with Gasteiger partial charge >= 0.3 is 0 Å². The Kier molecular flexibility index (Phi) is 5.55. The standard InChI is InChI=1S/C16H25N5O3S/c1-13-17-7-9-21(13)8-3-6-18-25(22,23)15-12-20(2)19-16(15)14-4-10-24-11-5-14/h7,9,12,14,18H,3-6,8,10-11H2,1-2H3. The molecule has 1 aliphatic heterocycles. The molecule has 0 aromatic carbocycles. The topological polar surface area (TPSA) is 91.0 Å². The van der Waals surface area contributed by atoms with E-state index in [2.05, 4.69) is 14.8 Å². The zero-order valence-corrected chi connectivity index (χ0v) is 15.5. The molecule has 2 aromatic heterocycles. The summed E-state index contributed by atoms with van der Waals surface area (Å²) < 4.78 is 37.1. The Balaban J connectivity index is 1.64. The Hall–Kier alpha value is -1.71. The van der Waals surface area contributed by atoms with Crippen LogP contribution in [0.2, 0.25) is 0 Å². The van der Waals surface area contributed by atoms with Gasteiger partial charge in [0.15, 0.2) is 0 Å². The third-order valence-corrected chi connectivity index (χ3v) is 5.99. The van der Waals surface area contributed by atoms with E-state index in [-0.39, 0.29) is 5.92 Å². The second-order valence-electron chi connectivity index (χ2n) is 6.36. The smallest absolute Gasteiger partial charge is 0.243 e. The monoisotopic (exact) mass is 367 g/mol. The van der Waals surface area contributed by atoms with Crippen LogP contribution in [0.15, 0.2) is 23.5 Å². The molecular formula is C16H25N5O3S. The Morgan fingerprint density at radius 3 is 2.80 bits per heavy atom. The molecule has 1 N–H and O–H groups in total. The number of aryl methyl sites for hydroxylation is 3. The van der Waals surface area contributed by atoms with Crippen molar-refractivity contribution in [2.75, 3.05) is 19.8 Å². The van der Waals surface area contributed by atoms with E-state index in [0.717, 1.165) is 25.2 Å². The first-order valence-corrected chi connectivity index (χ1v) is 10.0. The molecule has 1 fully saturated rings. The molecule has 3 heterocycles. The maximum Gasteiger partial charge on any atom is 0.243 e. The van der Waals surface area contributed by atoms with E-state index in [0.29, 0.717) is 36.8 Å². The molecule has 9 heteroatoms. The lowest BCUT2D eigenvalue weighted by Gasteiger charge is -2.21. The maximum absolute atomic E-state index is 12.7. The molecule has 0 aliphatic carbocycles. The minimum absolute atomic E-state index is 0.134. The summed E-state index contributed by atoms with van der Waals surface area (Å²) in [5, 5.41) is 4.41. The number of ether oxygens (including phenoxy) is 1. The van der Waals surface area contributed by atoms with Crippen molar-refractivity contribution in [2.45, 2.75) is 43.5 Å². The molecule has 0 unspecified atom stereocenters. The molecule has 0 amide bonds. The van der Waals surface area contributed by atoms with Crippen LogP contribution in [-0.2, 0) is 28.4 Å². The van der Waals surface area contributed by atoms with Crippen molar-refractivity contribution < 1.29 is 13.2 Å². The van der Waals surface area contributed by atoms with Crippen LogP contribution in [-0.4, -0.2) is 47.5 Å². The fourth-order valence-corrected chi connectivity index (χ4v) is 4.46. The highest BCUT2D eigenvalue weighted by atomic mass is 32.2. The van der Waals surface area contributed by atoms with Gasteiger partial charge in [-0.25, -0.2) is 18.1 Å². The van der Waals surface area contributed by atoms with Crippen LogP contribution in [0, 0.1) is 6.92 Å². The maximum atomic E-state index is 12.7. The number of nitrogens with zero attached hydrogens (tertiary/aromatic N) is 4. The zero-order chi connectivity index (χ0) is 17.9. The van der Waals surface area contributed by atoms with Crippen molar-refractivity contribution in [2.24, 2.45) is 7.05 Å². The van der Waals surface area contributed by atoms with E-state index in [1.165, 1.54) is 0 Å². The molecule has 138 valence electrons. The summed E-state index contributed by atoms with van der Waals surface area (Å²) in [4.78, 5) is 4.45. The lowest BCUT2D eigenvalue weighted by Crippen LogP contribution is -2.27. The number of hydrogen-bond donors (Lipinski definition) is 1. The predicted molar refractivity (Wildman–Crippen MR) is 92.8 cm³/mol. The number of aromatic nitrogens is 4. The highest BCUT2D eigenvalue weighted by Gasteiger charge is 2.28. The van der Waals surface area contributed by atoms with Gasteiger partial charge in [-0.15, -0.1) is 0 Å². The first-order chi connectivity index (χ1) is 12.0. The summed E-state index contributed by atoms with van der Waals surface area (Å²) in [6, 6.07) is 0. The molecule has 0 atom stereocenters. The average molecular weight is 367 g/mol. The lowest BCUT2D eigenvalue weighted by molar-refractivity contribution is 0.0838. The summed E-state index contributed by atoms with van der Waals surface area (Å²) in [7, 11) is -1.82. The molecule has 0 bridgehead atoms. The number of sulfonamides is 1. The van der Waals surface area contributed by atoms with Gasteiger partial charge in [-0.1, -0.05) is 0 Å². The van der Waals surface area contributed by atoms with Gasteiger partial charge in [-0.05, 0) is 26.2 Å². The van der Waals surface area contributed by atoms with Gasteiger partial charge in [-0.2, -0.15) is 5.10 Å². The van der Waals surface area contributed by atoms with Crippen LogP contribution < -0.4 is 4.72 Å². The van der Waals surface area contributed by atoms with Crippen LogP contribution in [0.4, 0.5) is 0 Å². The highest BCUT2D eigenvalue weighted by Crippen LogP contribution is 2.30. The molecule has 0 radical (unpaired) electrons. The Morgan fingerprint density at radius 1 is 1.36 bits per heavy atom. The highest BCUT2D eigenvalue weighted by molar-refractivity contribution is 7.89. The Morgan fingerprint density at radius 2 is 2.12 bits per heavy atom. The summed E-state index contributed by atoms with van der Waals surface area (Å²) in [5.41, 5.74) is 0.656. The van der Waals surface area contributed by atoms with Crippen LogP contribution >= 0.6 is 0 Å².